The quantitative estimate of drug-likeness (QED) is 0.623. The van der Waals surface area contributed by atoms with Gasteiger partial charge in [0.2, 0.25) is 0 Å². The van der Waals surface area contributed by atoms with Crippen LogP contribution in [0.2, 0.25) is 0 Å². The van der Waals surface area contributed by atoms with E-state index in [9.17, 15) is 4.79 Å². The van der Waals surface area contributed by atoms with Crippen LogP contribution in [0.1, 0.15) is 55.5 Å². The van der Waals surface area contributed by atoms with Crippen molar-refractivity contribution in [3.05, 3.63) is 35.4 Å². The standard InChI is InChI=1S/C19H30N4O/c1-3-12-21-19(20-4-2)22-15-16-8-10-17(11-9-16)18(24)23-13-6-5-7-14-23/h8-11H,3-7,12-15H2,1-2H3,(H2,20,21,22). The molecule has 1 saturated heterocycles. The molecule has 1 fully saturated rings. The number of nitrogens with zero attached hydrogens (tertiary/aromatic N) is 2. The van der Waals surface area contributed by atoms with Crippen LogP contribution < -0.4 is 10.6 Å². The van der Waals surface area contributed by atoms with Gasteiger partial charge in [0.25, 0.3) is 5.91 Å². The smallest absolute Gasteiger partial charge is 0.253 e. The number of aliphatic imine (C=N–C) groups is 1. The molecule has 1 aromatic rings. The lowest BCUT2D eigenvalue weighted by atomic mass is 10.1. The molecule has 1 amide bonds. The Hall–Kier alpha value is -2.04. The number of likely N-dealkylation sites (tertiary alicyclic amines) is 1. The first-order chi connectivity index (χ1) is 11.7. The van der Waals surface area contributed by atoms with Gasteiger partial charge in [-0.3, -0.25) is 4.79 Å². The van der Waals surface area contributed by atoms with Gasteiger partial charge >= 0.3 is 0 Å². The second kappa shape index (κ2) is 9.96. The van der Waals surface area contributed by atoms with E-state index in [0.717, 1.165) is 62.5 Å². The Morgan fingerprint density at radius 1 is 1.08 bits per heavy atom. The second-order valence-electron chi connectivity index (χ2n) is 6.17. The Balaban J connectivity index is 1.94. The van der Waals surface area contributed by atoms with Crippen LogP contribution in [-0.4, -0.2) is 42.9 Å². The molecule has 0 bridgehead atoms. The molecule has 0 saturated carbocycles. The average molecular weight is 330 g/mol. The maximum absolute atomic E-state index is 12.5. The molecule has 0 atom stereocenters. The fourth-order valence-electron chi connectivity index (χ4n) is 2.79. The van der Waals surface area contributed by atoms with Crippen molar-refractivity contribution in [2.45, 2.75) is 46.1 Å². The van der Waals surface area contributed by atoms with Crippen molar-refractivity contribution in [1.82, 2.24) is 15.5 Å². The molecule has 0 aromatic heterocycles. The number of carbonyl (C=O) groups excluding carboxylic acids is 1. The highest BCUT2D eigenvalue weighted by atomic mass is 16.2. The van der Waals surface area contributed by atoms with Crippen LogP contribution in [0, 0.1) is 0 Å². The monoisotopic (exact) mass is 330 g/mol. The molecular formula is C19H30N4O. The second-order valence-corrected chi connectivity index (χ2v) is 6.17. The van der Waals surface area contributed by atoms with Crippen LogP contribution in [0.5, 0.6) is 0 Å². The number of rotatable bonds is 6. The molecule has 5 nitrogen and oxygen atoms in total. The van der Waals surface area contributed by atoms with Crippen LogP contribution in [0.15, 0.2) is 29.3 Å². The van der Waals surface area contributed by atoms with Crippen molar-refractivity contribution in [3.63, 3.8) is 0 Å². The number of hydrogen-bond acceptors (Lipinski definition) is 2. The Labute approximate surface area is 145 Å². The molecule has 0 spiro atoms. The number of hydrogen-bond donors (Lipinski definition) is 2. The van der Waals surface area contributed by atoms with E-state index in [-0.39, 0.29) is 5.91 Å². The third kappa shape index (κ3) is 5.55. The summed E-state index contributed by atoms with van der Waals surface area (Å²) in [5.74, 6) is 0.996. The number of benzene rings is 1. The number of piperidine rings is 1. The molecular weight excluding hydrogens is 300 g/mol. The third-order valence-corrected chi connectivity index (χ3v) is 4.15. The Bertz CT molecular complexity index is 533. The summed E-state index contributed by atoms with van der Waals surface area (Å²) >= 11 is 0. The predicted molar refractivity (Wildman–Crippen MR) is 99.3 cm³/mol. The zero-order valence-corrected chi connectivity index (χ0v) is 15.0. The largest absolute Gasteiger partial charge is 0.357 e. The topological polar surface area (TPSA) is 56.7 Å². The summed E-state index contributed by atoms with van der Waals surface area (Å²) in [6.07, 6.45) is 4.55. The third-order valence-electron chi connectivity index (χ3n) is 4.15. The fourth-order valence-corrected chi connectivity index (χ4v) is 2.79. The Morgan fingerprint density at radius 2 is 1.79 bits per heavy atom. The normalized spacial score (nSPS) is 15.2. The van der Waals surface area contributed by atoms with Gasteiger partial charge in [-0.25, -0.2) is 4.99 Å². The van der Waals surface area contributed by atoms with Gasteiger partial charge in [-0.05, 0) is 50.3 Å². The summed E-state index contributed by atoms with van der Waals surface area (Å²) in [4.78, 5) is 19.0. The van der Waals surface area contributed by atoms with Crippen LogP contribution >= 0.6 is 0 Å². The van der Waals surface area contributed by atoms with Crippen molar-refractivity contribution in [3.8, 4) is 0 Å². The highest BCUT2D eigenvalue weighted by Crippen LogP contribution is 2.14. The zero-order chi connectivity index (χ0) is 17.2. The van der Waals surface area contributed by atoms with Crippen molar-refractivity contribution < 1.29 is 4.79 Å². The van der Waals surface area contributed by atoms with Gasteiger partial charge in [-0.1, -0.05) is 19.1 Å². The molecule has 5 heteroatoms. The molecule has 1 aliphatic rings. The fraction of sp³-hybridized carbons (Fsp3) is 0.579. The summed E-state index contributed by atoms with van der Waals surface area (Å²) in [6, 6.07) is 7.86. The van der Waals surface area contributed by atoms with E-state index in [4.69, 9.17) is 0 Å². The molecule has 1 aliphatic heterocycles. The minimum atomic E-state index is 0.155. The van der Waals surface area contributed by atoms with Crippen molar-refractivity contribution in [2.75, 3.05) is 26.2 Å². The molecule has 2 rings (SSSR count). The molecule has 1 heterocycles. The number of amides is 1. The maximum Gasteiger partial charge on any atom is 0.253 e. The van der Waals surface area contributed by atoms with Gasteiger partial charge in [0.1, 0.15) is 0 Å². The number of nitrogens with one attached hydrogen (secondary N) is 2. The SMILES string of the molecule is CCCNC(=NCc1ccc(C(=O)N2CCCCC2)cc1)NCC. The van der Waals surface area contributed by atoms with Crippen molar-refractivity contribution >= 4 is 11.9 Å². The van der Waals surface area contributed by atoms with Crippen molar-refractivity contribution in [2.24, 2.45) is 4.99 Å². The van der Waals surface area contributed by atoms with Gasteiger partial charge in [0, 0.05) is 31.7 Å². The van der Waals surface area contributed by atoms with Crippen molar-refractivity contribution in [1.29, 1.82) is 0 Å². The van der Waals surface area contributed by atoms with Gasteiger partial charge in [0.05, 0.1) is 6.54 Å². The van der Waals surface area contributed by atoms with E-state index >= 15 is 0 Å². The van der Waals surface area contributed by atoms with Crippen LogP contribution in [0.25, 0.3) is 0 Å². The number of carbonyl (C=O) groups is 1. The summed E-state index contributed by atoms with van der Waals surface area (Å²) < 4.78 is 0. The minimum absolute atomic E-state index is 0.155. The van der Waals surface area contributed by atoms with Gasteiger partial charge in [-0.15, -0.1) is 0 Å². The lowest BCUT2D eigenvalue weighted by molar-refractivity contribution is 0.0724. The zero-order valence-electron chi connectivity index (χ0n) is 15.0. The average Bonchev–Trinajstić information content (AvgIpc) is 2.64. The Kier molecular flexibility index (Phi) is 7.59. The van der Waals surface area contributed by atoms with E-state index in [0.29, 0.717) is 6.54 Å². The first kappa shape index (κ1) is 18.3. The molecule has 24 heavy (non-hydrogen) atoms. The van der Waals surface area contributed by atoms with E-state index in [2.05, 4.69) is 29.5 Å². The van der Waals surface area contributed by atoms with Crippen LogP contribution in [0.4, 0.5) is 0 Å². The predicted octanol–water partition coefficient (Wildman–Crippen LogP) is 2.78. The first-order valence-electron chi connectivity index (χ1n) is 9.15. The van der Waals surface area contributed by atoms with E-state index in [1.807, 2.05) is 29.2 Å². The molecule has 132 valence electrons. The lowest BCUT2D eigenvalue weighted by Crippen LogP contribution is -2.37. The van der Waals surface area contributed by atoms with Crippen LogP contribution in [-0.2, 0) is 6.54 Å². The van der Waals surface area contributed by atoms with E-state index in [1.54, 1.807) is 0 Å². The molecule has 0 radical (unpaired) electrons. The van der Waals surface area contributed by atoms with E-state index < -0.39 is 0 Å². The first-order valence-corrected chi connectivity index (χ1v) is 9.15. The van der Waals surface area contributed by atoms with E-state index in [1.165, 1.54) is 6.42 Å². The van der Waals surface area contributed by atoms with Crippen LogP contribution in [0.3, 0.4) is 0 Å². The Morgan fingerprint density at radius 3 is 2.42 bits per heavy atom. The molecule has 0 aliphatic carbocycles. The van der Waals surface area contributed by atoms with Gasteiger partial charge in [-0.2, -0.15) is 0 Å². The maximum atomic E-state index is 12.5. The minimum Gasteiger partial charge on any atom is -0.357 e. The highest BCUT2D eigenvalue weighted by molar-refractivity contribution is 5.94. The van der Waals surface area contributed by atoms with Gasteiger partial charge in [0.15, 0.2) is 5.96 Å². The summed E-state index contributed by atoms with van der Waals surface area (Å²) in [7, 11) is 0. The lowest BCUT2D eigenvalue weighted by Gasteiger charge is -2.26. The summed E-state index contributed by atoms with van der Waals surface area (Å²) in [5, 5.41) is 6.53. The summed E-state index contributed by atoms with van der Waals surface area (Å²) in [6.45, 7) is 8.34. The molecule has 1 aromatic carbocycles. The highest BCUT2D eigenvalue weighted by Gasteiger charge is 2.17. The summed E-state index contributed by atoms with van der Waals surface area (Å²) in [5.41, 5.74) is 1.89. The molecule has 2 N–H and O–H groups in total. The number of guanidine groups is 1. The van der Waals surface area contributed by atoms with Gasteiger partial charge < -0.3 is 15.5 Å². The molecule has 0 unspecified atom stereocenters.